The van der Waals surface area contributed by atoms with Gasteiger partial charge in [-0.25, -0.2) is 0 Å². The van der Waals surface area contributed by atoms with Gasteiger partial charge in [0.2, 0.25) is 5.91 Å². The SMILES string of the molecule is COC(=O)[C@@H](Cc1ccccc1)C(=O)N[C@@H](Cc1ccc(NS(=O)(=O)O)cc1)C1=NC(C(C)(C)C)CS1. The van der Waals surface area contributed by atoms with Gasteiger partial charge in [-0.3, -0.25) is 23.9 Å². The summed E-state index contributed by atoms with van der Waals surface area (Å²) in [6.45, 7) is 6.35. The van der Waals surface area contributed by atoms with E-state index < -0.39 is 34.1 Å². The predicted octanol–water partition coefficient (Wildman–Crippen LogP) is 3.52. The molecule has 0 fully saturated rings. The first-order valence-corrected chi connectivity index (χ1v) is 14.2. The number of nitrogens with zero attached hydrogens (tertiary/aromatic N) is 1. The van der Waals surface area contributed by atoms with Gasteiger partial charge in [-0.15, -0.1) is 11.8 Å². The predicted molar refractivity (Wildman–Crippen MR) is 146 cm³/mol. The summed E-state index contributed by atoms with van der Waals surface area (Å²) >= 11 is 1.58. The van der Waals surface area contributed by atoms with Gasteiger partial charge in [0.05, 0.1) is 29.9 Å². The Kier molecular flexibility index (Phi) is 9.38. The van der Waals surface area contributed by atoms with Gasteiger partial charge in [0, 0.05) is 5.75 Å². The maximum atomic E-state index is 13.4. The van der Waals surface area contributed by atoms with Crippen molar-refractivity contribution in [3.63, 3.8) is 0 Å². The van der Waals surface area contributed by atoms with Crippen LogP contribution in [0.3, 0.4) is 0 Å². The fraction of sp³-hybridized carbons (Fsp3) is 0.423. The monoisotopic (exact) mass is 547 g/mol. The quantitative estimate of drug-likeness (QED) is 0.235. The lowest BCUT2D eigenvalue weighted by molar-refractivity contribution is -0.150. The van der Waals surface area contributed by atoms with Crippen LogP contribution >= 0.6 is 11.8 Å². The minimum atomic E-state index is -4.38. The van der Waals surface area contributed by atoms with E-state index in [-0.39, 0.29) is 23.6 Å². The molecule has 2 aromatic rings. The zero-order valence-electron chi connectivity index (χ0n) is 21.3. The van der Waals surface area contributed by atoms with Crippen molar-refractivity contribution < 1.29 is 27.3 Å². The average Bonchev–Trinajstić information content (AvgIpc) is 3.33. The van der Waals surface area contributed by atoms with E-state index in [1.165, 1.54) is 19.2 Å². The molecule has 1 unspecified atom stereocenters. The highest BCUT2D eigenvalue weighted by molar-refractivity contribution is 8.14. The Bertz CT molecular complexity index is 1230. The lowest BCUT2D eigenvalue weighted by Gasteiger charge is -2.24. The number of aliphatic imine (C=N–C) groups is 1. The first kappa shape index (κ1) is 28.7. The molecule has 1 heterocycles. The maximum Gasteiger partial charge on any atom is 0.357 e. The zero-order valence-corrected chi connectivity index (χ0v) is 22.9. The van der Waals surface area contributed by atoms with Crippen LogP contribution in [-0.2, 0) is 37.5 Å². The van der Waals surface area contributed by atoms with Crippen molar-refractivity contribution in [2.45, 2.75) is 45.7 Å². The number of benzene rings is 2. The van der Waals surface area contributed by atoms with E-state index in [1.54, 1.807) is 23.9 Å². The summed E-state index contributed by atoms with van der Waals surface area (Å²) in [5, 5.41) is 3.80. The van der Waals surface area contributed by atoms with Crippen molar-refractivity contribution in [2.75, 3.05) is 17.6 Å². The number of rotatable bonds is 10. The number of carbonyl (C=O) groups is 2. The molecule has 1 amide bonds. The first-order chi connectivity index (χ1) is 17.4. The molecule has 1 aliphatic rings. The Balaban J connectivity index is 1.85. The van der Waals surface area contributed by atoms with Crippen molar-refractivity contribution in [1.29, 1.82) is 0 Å². The molecule has 3 rings (SSSR count). The molecule has 0 saturated carbocycles. The second-order valence-corrected chi connectivity index (χ2v) is 12.2. The van der Waals surface area contributed by atoms with Crippen LogP contribution in [0.15, 0.2) is 59.6 Å². The number of anilines is 1. The van der Waals surface area contributed by atoms with E-state index >= 15 is 0 Å². The van der Waals surface area contributed by atoms with E-state index in [9.17, 15) is 18.0 Å². The van der Waals surface area contributed by atoms with Crippen molar-refractivity contribution in [1.82, 2.24) is 5.32 Å². The van der Waals surface area contributed by atoms with Crippen LogP contribution in [0.2, 0.25) is 0 Å². The van der Waals surface area contributed by atoms with Crippen molar-refractivity contribution >= 4 is 44.7 Å². The summed E-state index contributed by atoms with van der Waals surface area (Å²) in [5.41, 5.74) is 1.81. The molecule has 1 aliphatic heterocycles. The maximum absolute atomic E-state index is 13.4. The normalized spacial score (nSPS) is 17.4. The van der Waals surface area contributed by atoms with Gasteiger partial charge in [0.1, 0.15) is 5.92 Å². The van der Waals surface area contributed by atoms with Crippen molar-refractivity contribution in [3.8, 4) is 0 Å². The molecule has 0 radical (unpaired) electrons. The largest absolute Gasteiger partial charge is 0.468 e. The standard InChI is InChI=1S/C26H33N3O6S2/c1-26(2,3)22-16-36-24(28-22)21(15-18-10-12-19(13-11-18)29-37(32,33)34)27-23(30)20(25(31)35-4)14-17-8-6-5-7-9-17/h5-13,20-22,29H,14-16H2,1-4H3,(H,27,30)(H,32,33,34)/t20-,21-,22?/m0/s1. The number of thioether (sulfide) groups is 1. The molecular weight excluding hydrogens is 514 g/mol. The number of hydrogen-bond acceptors (Lipinski definition) is 7. The van der Waals surface area contributed by atoms with Gasteiger partial charge in [-0.2, -0.15) is 8.42 Å². The molecule has 37 heavy (non-hydrogen) atoms. The van der Waals surface area contributed by atoms with Crippen LogP contribution < -0.4 is 10.0 Å². The van der Waals surface area contributed by atoms with Crippen LogP contribution in [-0.4, -0.2) is 54.8 Å². The number of nitrogens with one attached hydrogen (secondary N) is 2. The Morgan fingerprint density at radius 3 is 2.24 bits per heavy atom. The van der Waals surface area contributed by atoms with E-state index in [0.717, 1.165) is 21.9 Å². The van der Waals surface area contributed by atoms with Crippen LogP contribution in [0.1, 0.15) is 31.9 Å². The third-order valence-corrected chi connectivity index (χ3v) is 7.67. The van der Waals surface area contributed by atoms with Crippen molar-refractivity contribution in [2.24, 2.45) is 16.3 Å². The Morgan fingerprint density at radius 2 is 1.70 bits per heavy atom. The summed E-state index contributed by atoms with van der Waals surface area (Å²) < 4.78 is 38.1. The number of esters is 1. The fourth-order valence-corrected chi connectivity index (χ4v) is 5.75. The molecule has 11 heteroatoms. The highest BCUT2D eigenvalue weighted by atomic mass is 32.2. The van der Waals surface area contributed by atoms with Crippen LogP contribution in [0.25, 0.3) is 0 Å². The summed E-state index contributed by atoms with van der Waals surface area (Å²) in [5.74, 6) is -1.31. The molecule has 0 saturated heterocycles. The summed E-state index contributed by atoms with van der Waals surface area (Å²) in [6.07, 6.45) is 0.576. The lowest BCUT2D eigenvalue weighted by Crippen LogP contribution is -2.46. The third kappa shape index (κ3) is 8.58. The van der Waals surface area contributed by atoms with E-state index in [1.807, 2.05) is 35.1 Å². The van der Waals surface area contributed by atoms with Gasteiger partial charge < -0.3 is 10.1 Å². The molecule has 0 aromatic heterocycles. The molecule has 3 atom stereocenters. The molecule has 0 bridgehead atoms. The highest BCUT2D eigenvalue weighted by Gasteiger charge is 2.35. The van der Waals surface area contributed by atoms with Gasteiger partial charge in [-0.05, 0) is 41.5 Å². The number of hydrogen-bond donors (Lipinski definition) is 3. The van der Waals surface area contributed by atoms with Crippen molar-refractivity contribution in [3.05, 3.63) is 65.7 Å². The second kappa shape index (κ2) is 12.1. The van der Waals surface area contributed by atoms with Gasteiger partial charge in [-0.1, -0.05) is 63.2 Å². The Labute approximate surface area is 222 Å². The van der Waals surface area contributed by atoms with Crippen LogP contribution in [0.5, 0.6) is 0 Å². The molecule has 200 valence electrons. The topological polar surface area (TPSA) is 134 Å². The fourth-order valence-electron chi connectivity index (χ4n) is 3.87. The van der Waals surface area contributed by atoms with E-state index in [2.05, 4.69) is 26.1 Å². The molecule has 9 nitrogen and oxygen atoms in total. The third-order valence-electron chi connectivity index (χ3n) is 6.01. The minimum Gasteiger partial charge on any atom is -0.468 e. The van der Waals surface area contributed by atoms with E-state index in [0.29, 0.717) is 6.42 Å². The van der Waals surface area contributed by atoms with Gasteiger partial charge in [0.25, 0.3) is 0 Å². The second-order valence-electron chi connectivity index (χ2n) is 9.96. The number of amides is 1. The van der Waals surface area contributed by atoms with Crippen LogP contribution in [0.4, 0.5) is 5.69 Å². The first-order valence-electron chi connectivity index (χ1n) is 11.8. The van der Waals surface area contributed by atoms with Gasteiger partial charge >= 0.3 is 16.3 Å². The number of ether oxygens (including phenoxy) is 1. The Hall–Kier alpha value is -2.89. The number of carbonyl (C=O) groups excluding carboxylic acids is 2. The van der Waals surface area contributed by atoms with Crippen LogP contribution in [0, 0.1) is 11.3 Å². The zero-order chi connectivity index (χ0) is 27.2. The average molecular weight is 548 g/mol. The smallest absolute Gasteiger partial charge is 0.357 e. The van der Waals surface area contributed by atoms with E-state index in [4.69, 9.17) is 14.3 Å². The minimum absolute atomic E-state index is 0.0473. The lowest BCUT2D eigenvalue weighted by atomic mass is 9.88. The summed E-state index contributed by atoms with van der Waals surface area (Å²) in [4.78, 5) is 30.9. The molecule has 3 N–H and O–H groups in total. The molecule has 0 aliphatic carbocycles. The highest BCUT2D eigenvalue weighted by Crippen LogP contribution is 2.33. The summed E-state index contributed by atoms with van der Waals surface area (Å²) in [6, 6.07) is 15.3. The Morgan fingerprint density at radius 1 is 1.08 bits per heavy atom. The number of methoxy groups -OCH3 is 1. The van der Waals surface area contributed by atoms with Gasteiger partial charge in [0.15, 0.2) is 0 Å². The molecule has 2 aromatic carbocycles. The summed E-state index contributed by atoms with van der Waals surface area (Å²) in [7, 11) is -3.12. The molecule has 0 spiro atoms. The molecular formula is C26H33N3O6S2.